The molecule has 0 aliphatic carbocycles. The van der Waals surface area contributed by atoms with Crippen molar-refractivity contribution in [3.63, 3.8) is 0 Å². The monoisotopic (exact) mass is 397 g/mol. The lowest BCUT2D eigenvalue weighted by atomic mass is 9.94. The number of amides is 1. The number of nitrogens with zero attached hydrogens (tertiary/aromatic N) is 2. The van der Waals surface area contributed by atoms with E-state index in [0.717, 1.165) is 43.0 Å². The smallest absolute Gasteiger partial charge is 0.255 e. The van der Waals surface area contributed by atoms with E-state index in [-0.39, 0.29) is 5.91 Å². The van der Waals surface area contributed by atoms with Crippen molar-refractivity contribution in [3.05, 3.63) is 95.2 Å². The predicted molar refractivity (Wildman–Crippen MR) is 125 cm³/mol. The Morgan fingerprint density at radius 2 is 1.83 bits per heavy atom. The molecule has 0 bridgehead atoms. The zero-order chi connectivity index (χ0) is 20.9. The van der Waals surface area contributed by atoms with E-state index >= 15 is 0 Å². The first kappa shape index (κ1) is 19.9. The summed E-state index contributed by atoms with van der Waals surface area (Å²) in [5, 5.41) is 3.01. The second-order valence-electron chi connectivity index (χ2n) is 7.80. The van der Waals surface area contributed by atoms with Crippen molar-refractivity contribution in [2.24, 2.45) is 4.99 Å². The molecule has 0 spiro atoms. The fourth-order valence-electron chi connectivity index (χ4n) is 3.89. The minimum absolute atomic E-state index is 0.0763. The number of hydrogen-bond acceptors (Lipinski definition) is 3. The highest BCUT2D eigenvalue weighted by Crippen LogP contribution is 2.28. The number of rotatable bonds is 3. The maximum Gasteiger partial charge on any atom is 0.255 e. The number of allylic oxidation sites excluding steroid dienone is 2. The zero-order valence-electron chi connectivity index (χ0n) is 17.6. The summed E-state index contributed by atoms with van der Waals surface area (Å²) in [6.45, 7) is 6.03. The molecule has 0 unspecified atom stereocenters. The summed E-state index contributed by atoms with van der Waals surface area (Å²) >= 11 is 0. The SMILES string of the molecule is CC1=C(c2ccc(NC(=O)c3ccccc3C)cc2)CN(C2=NC=CC=CC2)CC1. The number of aliphatic imine (C=N–C) groups is 1. The molecule has 4 rings (SSSR count). The van der Waals surface area contributed by atoms with Gasteiger partial charge < -0.3 is 10.2 Å². The maximum atomic E-state index is 12.6. The van der Waals surface area contributed by atoms with Gasteiger partial charge in [-0.25, -0.2) is 4.99 Å². The Bertz CT molecular complexity index is 1060. The van der Waals surface area contributed by atoms with Gasteiger partial charge in [0.2, 0.25) is 0 Å². The molecule has 1 amide bonds. The topological polar surface area (TPSA) is 44.7 Å². The van der Waals surface area contributed by atoms with Crippen LogP contribution in [-0.4, -0.2) is 29.7 Å². The number of anilines is 1. The molecule has 4 heteroatoms. The van der Waals surface area contributed by atoms with Crippen LogP contribution in [0.25, 0.3) is 5.57 Å². The number of aryl methyl sites for hydroxylation is 1. The van der Waals surface area contributed by atoms with Crippen molar-refractivity contribution in [1.82, 2.24) is 4.90 Å². The summed E-state index contributed by atoms with van der Waals surface area (Å²) in [7, 11) is 0. The summed E-state index contributed by atoms with van der Waals surface area (Å²) < 4.78 is 0. The Balaban J connectivity index is 1.48. The van der Waals surface area contributed by atoms with Gasteiger partial charge in [-0.15, -0.1) is 0 Å². The van der Waals surface area contributed by atoms with Gasteiger partial charge in [0.05, 0.1) is 0 Å². The third kappa shape index (κ3) is 4.43. The van der Waals surface area contributed by atoms with Gasteiger partial charge in [-0.3, -0.25) is 4.79 Å². The van der Waals surface area contributed by atoms with Gasteiger partial charge in [0.25, 0.3) is 5.91 Å². The molecular formula is C26H27N3O. The molecule has 1 N–H and O–H groups in total. The average molecular weight is 398 g/mol. The molecule has 152 valence electrons. The molecule has 30 heavy (non-hydrogen) atoms. The lowest BCUT2D eigenvalue weighted by Crippen LogP contribution is -2.36. The van der Waals surface area contributed by atoms with Crippen LogP contribution in [0.4, 0.5) is 5.69 Å². The second-order valence-corrected chi connectivity index (χ2v) is 7.80. The second kappa shape index (κ2) is 8.95. The van der Waals surface area contributed by atoms with Crippen LogP contribution >= 0.6 is 0 Å². The van der Waals surface area contributed by atoms with Gasteiger partial charge in [0.15, 0.2) is 0 Å². The number of carbonyl (C=O) groups is 1. The van der Waals surface area contributed by atoms with E-state index in [4.69, 9.17) is 0 Å². The van der Waals surface area contributed by atoms with E-state index in [1.165, 1.54) is 16.7 Å². The summed E-state index contributed by atoms with van der Waals surface area (Å²) in [5.74, 6) is 1.04. The minimum Gasteiger partial charge on any atom is -0.355 e. The Labute approximate surface area is 178 Å². The summed E-state index contributed by atoms with van der Waals surface area (Å²) in [6.07, 6.45) is 9.95. The van der Waals surface area contributed by atoms with Crippen LogP contribution in [0, 0.1) is 6.92 Å². The molecule has 2 aliphatic rings. The standard InChI is InChI=1S/C26H27N3O/c1-19-8-5-6-9-23(19)26(30)28-22-13-11-21(12-14-22)24-18-29(17-15-20(24)2)25-10-4-3-7-16-27-25/h3-9,11-14,16H,10,15,17-18H2,1-2H3,(H,28,30). The van der Waals surface area contributed by atoms with Crippen LogP contribution in [0.5, 0.6) is 0 Å². The predicted octanol–water partition coefficient (Wildman–Crippen LogP) is 5.60. The molecule has 0 aromatic heterocycles. The first-order valence-corrected chi connectivity index (χ1v) is 10.4. The van der Waals surface area contributed by atoms with Crippen LogP contribution in [0.1, 0.15) is 41.3 Å². The molecule has 2 aromatic carbocycles. The molecule has 0 saturated heterocycles. The third-order valence-electron chi connectivity index (χ3n) is 5.72. The maximum absolute atomic E-state index is 12.6. The van der Waals surface area contributed by atoms with Crippen LogP contribution in [0.2, 0.25) is 0 Å². The first-order chi connectivity index (χ1) is 14.6. The highest BCUT2D eigenvalue weighted by atomic mass is 16.1. The minimum atomic E-state index is -0.0763. The van der Waals surface area contributed by atoms with Gasteiger partial charge in [0, 0.05) is 37.0 Å². The van der Waals surface area contributed by atoms with Gasteiger partial charge in [-0.2, -0.15) is 0 Å². The van der Waals surface area contributed by atoms with E-state index in [9.17, 15) is 4.79 Å². The lowest BCUT2D eigenvalue weighted by Gasteiger charge is -2.32. The van der Waals surface area contributed by atoms with Crippen molar-refractivity contribution >= 4 is 23.0 Å². The van der Waals surface area contributed by atoms with E-state index in [2.05, 4.69) is 40.3 Å². The molecule has 0 atom stereocenters. The van der Waals surface area contributed by atoms with Gasteiger partial charge >= 0.3 is 0 Å². The molecule has 0 radical (unpaired) electrons. The molecule has 2 aliphatic heterocycles. The third-order valence-corrected chi connectivity index (χ3v) is 5.72. The van der Waals surface area contributed by atoms with Gasteiger partial charge in [0.1, 0.15) is 5.84 Å². The van der Waals surface area contributed by atoms with E-state index in [1.807, 2.05) is 61.7 Å². The molecule has 2 heterocycles. The number of carbonyl (C=O) groups excluding carboxylic acids is 1. The average Bonchev–Trinajstić information content (AvgIpc) is 3.05. The van der Waals surface area contributed by atoms with Crippen molar-refractivity contribution in [2.45, 2.75) is 26.7 Å². The summed E-state index contributed by atoms with van der Waals surface area (Å²) in [4.78, 5) is 19.6. The Kier molecular flexibility index (Phi) is 5.94. The van der Waals surface area contributed by atoms with Gasteiger partial charge in [-0.1, -0.05) is 48.1 Å². The number of hydrogen-bond donors (Lipinski definition) is 1. The largest absolute Gasteiger partial charge is 0.355 e. The van der Waals surface area contributed by atoms with Crippen LogP contribution < -0.4 is 5.32 Å². The number of nitrogens with one attached hydrogen (secondary N) is 1. The molecule has 0 fully saturated rings. The van der Waals surface area contributed by atoms with Crippen LogP contribution in [-0.2, 0) is 0 Å². The Morgan fingerprint density at radius 3 is 2.63 bits per heavy atom. The molecule has 2 aromatic rings. The van der Waals surface area contributed by atoms with Crippen LogP contribution in [0.15, 0.2) is 83.5 Å². The fourth-order valence-corrected chi connectivity index (χ4v) is 3.89. The lowest BCUT2D eigenvalue weighted by molar-refractivity contribution is 0.102. The van der Waals surface area contributed by atoms with Crippen LogP contribution in [0.3, 0.4) is 0 Å². The highest BCUT2D eigenvalue weighted by Gasteiger charge is 2.20. The highest BCUT2D eigenvalue weighted by molar-refractivity contribution is 6.05. The quantitative estimate of drug-likeness (QED) is 0.733. The number of amidine groups is 1. The van der Waals surface area contributed by atoms with E-state index < -0.39 is 0 Å². The van der Waals surface area contributed by atoms with Crippen molar-refractivity contribution < 1.29 is 4.79 Å². The summed E-state index contributed by atoms with van der Waals surface area (Å²) in [5.41, 5.74) is 6.45. The molecule has 4 nitrogen and oxygen atoms in total. The normalized spacial score (nSPS) is 16.3. The zero-order valence-corrected chi connectivity index (χ0v) is 17.6. The fraction of sp³-hybridized carbons (Fsp3) is 0.231. The summed E-state index contributed by atoms with van der Waals surface area (Å²) in [6, 6.07) is 15.8. The number of benzene rings is 2. The van der Waals surface area contributed by atoms with Crippen molar-refractivity contribution in [3.8, 4) is 0 Å². The van der Waals surface area contributed by atoms with Gasteiger partial charge in [-0.05, 0) is 61.2 Å². The Hall–Kier alpha value is -3.40. The van der Waals surface area contributed by atoms with Crippen molar-refractivity contribution in [1.29, 1.82) is 0 Å². The van der Waals surface area contributed by atoms with Crippen molar-refractivity contribution in [2.75, 3.05) is 18.4 Å². The first-order valence-electron chi connectivity index (χ1n) is 10.4. The van der Waals surface area contributed by atoms with E-state index in [1.54, 1.807) is 0 Å². The van der Waals surface area contributed by atoms with E-state index in [0.29, 0.717) is 5.56 Å². The Morgan fingerprint density at radius 1 is 1.03 bits per heavy atom. The molecular weight excluding hydrogens is 370 g/mol. The molecule has 0 saturated carbocycles.